The fourth-order valence-electron chi connectivity index (χ4n) is 3.57. The second-order valence-corrected chi connectivity index (χ2v) is 9.26. The SMILES string of the molecule is CCN(CC)c1ccc2cc(/C=C/C3[Se]c4ccccc4N3C)c(=O)oc2c1. The molecule has 4 nitrogen and oxygen atoms in total. The van der Waals surface area contributed by atoms with E-state index >= 15 is 0 Å². The van der Waals surface area contributed by atoms with Gasteiger partial charge in [-0.15, -0.1) is 0 Å². The molecule has 0 fully saturated rings. The normalized spacial score (nSPS) is 16.1. The molecule has 2 aromatic carbocycles. The van der Waals surface area contributed by atoms with E-state index in [-0.39, 0.29) is 5.63 Å². The number of rotatable bonds is 5. The molecule has 4 rings (SSSR count). The van der Waals surface area contributed by atoms with Crippen LogP contribution in [0.1, 0.15) is 19.4 Å². The van der Waals surface area contributed by atoms with Crippen molar-refractivity contribution in [3.8, 4) is 0 Å². The molecule has 2 heterocycles. The van der Waals surface area contributed by atoms with Crippen molar-refractivity contribution in [2.24, 2.45) is 0 Å². The zero-order chi connectivity index (χ0) is 19.7. The molecule has 3 aromatic rings. The van der Waals surface area contributed by atoms with Crippen LogP contribution >= 0.6 is 0 Å². The van der Waals surface area contributed by atoms with Crippen molar-refractivity contribution < 1.29 is 4.42 Å². The van der Waals surface area contributed by atoms with Crippen LogP contribution in [-0.4, -0.2) is 40.0 Å². The molecule has 1 aliphatic rings. The van der Waals surface area contributed by atoms with Crippen molar-refractivity contribution in [3.63, 3.8) is 0 Å². The molecule has 0 radical (unpaired) electrons. The van der Waals surface area contributed by atoms with Gasteiger partial charge in [-0.05, 0) is 0 Å². The van der Waals surface area contributed by atoms with Crippen LogP contribution in [0.4, 0.5) is 11.4 Å². The van der Waals surface area contributed by atoms with E-state index in [9.17, 15) is 4.79 Å². The van der Waals surface area contributed by atoms with E-state index in [1.807, 2.05) is 24.3 Å². The van der Waals surface area contributed by atoms with Gasteiger partial charge in [0, 0.05) is 0 Å². The molecule has 0 saturated carbocycles. The topological polar surface area (TPSA) is 36.7 Å². The molecule has 0 amide bonds. The summed E-state index contributed by atoms with van der Waals surface area (Å²) < 4.78 is 7.04. The summed E-state index contributed by atoms with van der Waals surface area (Å²) in [6.45, 7) is 6.09. The standard InChI is InChI=1S/C23H24N2O2Se/c1-4-25(5-2)18-12-10-16-14-17(23(26)27-20(16)15-18)11-13-22-24(3)19-8-6-7-9-21(19)28-22/h6-15,22H,4-5H2,1-3H3/b13-11+. The van der Waals surface area contributed by atoms with Gasteiger partial charge in [-0.2, -0.15) is 0 Å². The zero-order valence-electron chi connectivity index (χ0n) is 16.4. The first kappa shape index (κ1) is 18.9. The number of benzene rings is 2. The van der Waals surface area contributed by atoms with E-state index in [0.717, 1.165) is 24.2 Å². The molecule has 0 spiro atoms. The van der Waals surface area contributed by atoms with Gasteiger partial charge < -0.3 is 0 Å². The number of anilines is 2. The van der Waals surface area contributed by atoms with Gasteiger partial charge in [0.05, 0.1) is 0 Å². The van der Waals surface area contributed by atoms with E-state index < -0.39 is 0 Å². The second kappa shape index (κ2) is 7.86. The van der Waals surface area contributed by atoms with E-state index in [1.54, 1.807) is 0 Å². The molecule has 1 aliphatic heterocycles. The van der Waals surface area contributed by atoms with E-state index in [0.29, 0.717) is 31.0 Å². The van der Waals surface area contributed by atoms with Crippen LogP contribution in [0.25, 0.3) is 17.0 Å². The molecule has 5 heteroatoms. The van der Waals surface area contributed by atoms with Crippen LogP contribution in [-0.2, 0) is 0 Å². The maximum atomic E-state index is 12.5. The van der Waals surface area contributed by atoms with Gasteiger partial charge in [0.15, 0.2) is 0 Å². The molecule has 0 N–H and O–H groups in total. The first-order chi connectivity index (χ1) is 13.6. The number of nitrogens with zero attached hydrogens (tertiary/aromatic N) is 2. The Morgan fingerprint density at radius 2 is 1.93 bits per heavy atom. The van der Waals surface area contributed by atoms with Crippen LogP contribution in [0.2, 0.25) is 0 Å². The van der Waals surface area contributed by atoms with Crippen molar-refractivity contribution in [2.45, 2.75) is 18.8 Å². The zero-order valence-corrected chi connectivity index (χ0v) is 18.1. The molecule has 1 aromatic heterocycles. The third-order valence-electron chi connectivity index (χ3n) is 5.19. The Bertz CT molecular complexity index is 1090. The monoisotopic (exact) mass is 440 g/mol. The average molecular weight is 439 g/mol. The van der Waals surface area contributed by atoms with E-state index in [2.05, 4.69) is 67.1 Å². The fraction of sp³-hybridized carbons (Fsp3) is 0.261. The molecule has 144 valence electrons. The van der Waals surface area contributed by atoms with Crippen molar-refractivity contribution in [3.05, 3.63) is 70.6 Å². The van der Waals surface area contributed by atoms with Crippen molar-refractivity contribution in [1.29, 1.82) is 0 Å². The summed E-state index contributed by atoms with van der Waals surface area (Å²) in [6, 6.07) is 16.5. The summed E-state index contributed by atoms with van der Waals surface area (Å²) in [4.78, 5) is 17.3. The van der Waals surface area contributed by atoms with Gasteiger partial charge in [-0.3, -0.25) is 0 Å². The molecule has 28 heavy (non-hydrogen) atoms. The molecule has 0 saturated heterocycles. The third kappa shape index (κ3) is 3.48. The summed E-state index contributed by atoms with van der Waals surface area (Å²) in [5.74, 6) is 0. The van der Waals surface area contributed by atoms with Gasteiger partial charge in [0.25, 0.3) is 0 Å². The first-order valence-electron chi connectivity index (χ1n) is 9.60. The first-order valence-corrected chi connectivity index (χ1v) is 11.4. The van der Waals surface area contributed by atoms with Gasteiger partial charge in [-0.1, -0.05) is 0 Å². The quantitative estimate of drug-likeness (QED) is 0.451. The minimum absolute atomic E-state index is 0.286. The van der Waals surface area contributed by atoms with Crippen LogP contribution in [0.5, 0.6) is 0 Å². The predicted octanol–water partition coefficient (Wildman–Crippen LogP) is 3.46. The predicted molar refractivity (Wildman–Crippen MR) is 119 cm³/mol. The van der Waals surface area contributed by atoms with Crippen molar-refractivity contribution >= 4 is 47.8 Å². The molecule has 0 aliphatic carbocycles. The number of hydrogen-bond donors (Lipinski definition) is 0. The van der Waals surface area contributed by atoms with E-state index in [1.165, 1.54) is 10.1 Å². The third-order valence-corrected chi connectivity index (χ3v) is 7.95. The van der Waals surface area contributed by atoms with Crippen molar-refractivity contribution in [1.82, 2.24) is 0 Å². The number of fused-ring (bicyclic) bond motifs is 2. The maximum absolute atomic E-state index is 12.5. The van der Waals surface area contributed by atoms with Gasteiger partial charge in [-0.25, -0.2) is 0 Å². The van der Waals surface area contributed by atoms with Gasteiger partial charge in [0.2, 0.25) is 0 Å². The average Bonchev–Trinajstić information content (AvgIpc) is 3.03. The van der Waals surface area contributed by atoms with Gasteiger partial charge >= 0.3 is 172 Å². The van der Waals surface area contributed by atoms with Crippen LogP contribution in [0.15, 0.2) is 63.8 Å². The number of likely N-dealkylation sites (N-methyl/N-ethyl adjacent to an activating group) is 1. The van der Waals surface area contributed by atoms with Crippen LogP contribution in [0.3, 0.4) is 0 Å². The Morgan fingerprint density at radius 1 is 1.14 bits per heavy atom. The van der Waals surface area contributed by atoms with Crippen LogP contribution < -0.4 is 19.9 Å². The number of hydrogen-bond acceptors (Lipinski definition) is 4. The Hall–Kier alpha value is -2.49. The van der Waals surface area contributed by atoms with Crippen LogP contribution in [0, 0.1) is 0 Å². The Labute approximate surface area is 171 Å². The molecule has 1 unspecified atom stereocenters. The summed E-state index contributed by atoms with van der Waals surface area (Å²) >= 11 is 0.331. The van der Waals surface area contributed by atoms with Gasteiger partial charge in [0.1, 0.15) is 0 Å². The Kier molecular flexibility index (Phi) is 5.29. The minimum atomic E-state index is -0.286. The Morgan fingerprint density at radius 3 is 2.68 bits per heavy atom. The molecule has 0 bridgehead atoms. The summed E-state index contributed by atoms with van der Waals surface area (Å²) in [5.41, 5.74) is 3.32. The molecular weight excluding hydrogens is 415 g/mol. The second-order valence-electron chi connectivity index (χ2n) is 6.83. The molecule has 1 atom stereocenters. The summed E-state index contributed by atoms with van der Waals surface area (Å²) in [5, 5.41) is 0.948. The van der Waals surface area contributed by atoms with Crippen molar-refractivity contribution in [2.75, 3.05) is 29.9 Å². The summed E-state index contributed by atoms with van der Waals surface area (Å²) in [7, 11) is 2.11. The number of para-hydroxylation sites is 1. The summed E-state index contributed by atoms with van der Waals surface area (Å²) in [6.07, 6.45) is 4.04. The fourth-order valence-corrected chi connectivity index (χ4v) is 6.04. The van der Waals surface area contributed by atoms with E-state index in [4.69, 9.17) is 4.42 Å². The Balaban J connectivity index is 1.61. The molecular formula is C23H24N2O2Se.